The average molecular weight is 174 g/mol. The molecule has 0 aliphatic carbocycles. The molecule has 2 aromatic rings. The molecule has 0 unspecified atom stereocenters. The van der Waals surface area contributed by atoms with E-state index in [1.165, 1.54) is 0 Å². The number of hydrogen-bond donors (Lipinski definition) is 2. The van der Waals surface area contributed by atoms with E-state index in [9.17, 15) is 4.79 Å². The number of nitrogen functional groups attached to an aromatic ring is 1. The Kier molecular flexibility index (Phi) is 1.59. The highest BCUT2D eigenvalue weighted by Gasteiger charge is 2.03. The Hall–Kier alpha value is -1.77. The summed E-state index contributed by atoms with van der Waals surface area (Å²) in [5, 5.41) is 1.47. The summed E-state index contributed by atoms with van der Waals surface area (Å²) in [4.78, 5) is 14.1. The Morgan fingerprint density at radius 1 is 1.23 bits per heavy atom. The van der Waals surface area contributed by atoms with Crippen molar-refractivity contribution in [1.82, 2.24) is 4.98 Å². The van der Waals surface area contributed by atoms with Crippen LogP contribution in [0, 0.1) is 6.92 Å². The molecule has 1 heterocycles. The standard InChI is InChI=1S/C10H10N2O/c1-6-9(11)7-4-2-3-5-8(7)10(13)12-6/h2-5H,11H2,1H3,(H,12,13). The number of rotatable bonds is 0. The molecule has 66 valence electrons. The summed E-state index contributed by atoms with van der Waals surface area (Å²) >= 11 is 0. The molecule has 1 aromatic carbocycles. The van der Waals surface area contributed by atoms with Gasteiger partial charge in [0.25, 0.3) is 5.56 Å². The fraction of sp³-hybridized carbons (Fsp3) is 0.100. The number of H-pyrrole nitrogens is 1. The third-order valence-electron chi connectivity index (χ3n) is 2.17. The molecule has 0 saturated heterocycles. The summed E-state index contributed by atoms with van der Waals surface area (Å²) in [5.74, 6) is 0. The minimum absolute atomic E-state index is 0.0812. The van der Waals surface area contributed by atoms with E-state index in [1.54, 1.807) is 13.0 Å². The molecule has 2 rings (SSSR count). The molecule has 13 heavy (non-hydrogen) atoms. The second kappa shape index (κ2) is 2.62. The first-order valence-electron chi connectivity index (χ1n) is 4.07. The lowest BCUT2D eigenvalue weighted by molar-refractivity contribution is 1.17. The van der Waals surface area contributed by atoms with Crippen molar-refractivity contribution < 1.29 is 0 Å². The molecule has 0 radical (unpaired) electrons. The summed E-state index contributed by atoms with van der Waals surface area (Å²) in [6, 6.07) is 7.32. The quantitative estimate of drug-likeness (QED) is 0.634. The van der Waals surface area contributed by atoms with Crippen molar-refractivity contribution in [2.45, 2.75) is 6.92 Å². The van der Waals surface area contributed by atoms with Crippen molar-refractivity contribution in [2.24, 2.45) is 0 Å². The maximum absolute atomic E-state index is 11.4. The maximum atomic E-state index is 11.4. The lowest BCUT2D eigenvalue weighted by atomic mass is 10.1. The smallest absolute Gasteiger partial charge is 0.256 e. The number of aryl methyl sites for hydroxylation is 1. The van der Waals surface area contributed by atoms with Crippen molar-refractivity contribution >= 4 is 16.5 Å². The van der Waals surface area contributed by atoms with Gasteiger partial charge in [-0.15, -0.1) is 0 Å². The van der Waals surface area contributed by atoms with Gasteiger partial charge in [0.05, 0.1) is 5.69 Å². The summed E-state index contributed by atoms with van der Waals surface area (Å²) in [5.41, 5.74) is 7.11. The van der Waals surface area contributed by atoms with Crippen LogP contribution in [-0.2, 0) is 0 Å². The molecular formula is C10H10N2O. The van der Waals surface area contributed by atoms with Crippen LogP contribution in [0.2, 0.25) is 0 Å². The zero-order valence-corrected chi connectivity index (χ0v) is 7.29. The van der Waals surface area contributed by atoms with Gasteiger partial charge in [-0.25, -0.2) is 0 Å². The first kappa shape index (κ1) is 7.86. The summed E-state index contributed by atoms with van der Waals surface area (Å²) < 4.78 is 0. The largest absolute Gasteiger partial charge is 0.397 e. The second-order valence-corrected chi connectivity index (χ2v) is 3.04. The van der Waals surface area contributed by atoms with Gasteiger partial charge in [0.1, 0.15) is 0 Å². The van der Waals surface area contributed by atoms with E-state index in [0.717, 1.165) is 11.1 Å². The minimum atomic E-state index is -0.0812. The summed E-state index contributed by atoms with van der Waals surface area (Å²) in [6.45, 7) is 1.79. The van der Waals surface area contributed by atoms with E-state index in [4.69, 9.17) is 5.73 Å². The second-order valence-electron chi connectivity index (χ2n) is 3.04. The molecule has 0 amide bonds. The van der Waals surface area contributed by atoms with Crippen LogP contribution in [0.15, 0.2) is 29.1 Å². The topological polar surface area (TPSA) is 58.9 Å². The zero-order valence-electron chi connectivity index (χ0n) is 7.29. The number of hydrogen-bond acceptors (Lipinski definition) is 2. The van der Waals surface area contributed by atoms with Gasteiger partial charge in [-0.2, -0.15) is 0 Å². The van der Waals surface area contributed by atoms with Crippen molar-refractivity contribution in [3.8, 4) is 0 Å². The molecule has 3 N–H and O–H groups in total. The molecule has 3 heteroatoms. The highest BCUT2D eigenvalue weighted by molar-refractivity contribution is 5.92. The predicted octanol–water partition coefficient (Wildman–Crippen LogP) is 1.42. The summed E-state index contributed by atoms with van der Waals surface area (Å²) in [7, 11) is 0. The molecule has 0 saturated carbocycles. The highest BCUT2D eigenvalue weighted by Crippen LogP contribution is 2.18. The van der Waals surface area contributed by atoms with Gasteiger partial charge in [0, 0.05) is 16.5 Å². The number of anilines is 1. The molecule has 0 aliphatic rings. The highest BCUT2D eigenvalue weighted by atomic mass is 16.1. The van der Waals surface area contributed by atoms with Gasteiger partial charge in [-0.1, -0.05) is 18.2 Å². The number of aromatic nitrogens is 1. The van der Waals surface area contributed by atoms with E-state index >= 15 is 0 Å². The van der Waals surface area contributed by atoms with Crippen molar-refractivity contribution in [3.63, 3.8) is 0 Å². The predicted molar refractivity (Wildman–Crippen MR) is 53.7 cm³/mol. The molecule has 1 aromatic heterocycles. The van der Waals surface area contributed by atoms with Crippen LogP contribution in [0.25, 0.3) is 10.8 Å². The van der Waals surface area contributed by atoms with Crippen molar-refractivity contribution in [3.05, 3.63) is 40.3 Å². The van der Waals surface area contributed by atoms with Crippen LogP contribution in [0.5, 0.6) is 0 Å². The van der Waals surface area contributed by atoms with Crippen LogP contribution >= 0.6 is 0 Å². The van der Waals surface area contributed by atoms with Gasteiger partial charge in [-0.05, 0) is 13.0 Å². The van der Waals surface area contributed by atoms with E-state index in [0.29, 0.717) is 11.1 Å². The Morgan fingerprint density at radius 3 is 2.54 bits per heavy atom. The van der Waals surface area contributed by atoms with Gasteiger partial charge in [0.2, 0.25) is 0 Å². The zero-order chi connectivity index (χ0) is 9.42. The molecule has 0 aliphatic heterocycles. The third-order valence-corrected chi connectivity index (χ3v) is 2.17. The first-order valence-corrected chi connectivity index (χ1v) is 4.07. The van der Waals surface area contributed by atoms with Crippen LogP contribution in [0.4, 0.5) is 5.69 Å². The van der Waals surface area contributed by atoms with Crippen LogP contribution in [0.3, 0.4) is 0 Å². The number of pyridine rings is 1. The molecule has 0 bridgehead atoms. The number of nitrogens with one attached hydrogen (secondary N) is 1. The fourth-order valence-corrected chi connectivity index (χ4v) is 1.42. The number of nitrogens with two attached hydrogens (primary N) is 1. The monoisotopic (exact) mass is 174 g/mol. The van der Waals surface area contributed by atoms with E-state index in [-0.39, 0.29) is 5.56 Å². The van der Waals surface area contributed by atoms with Gasteiger partial charge < -0.3 is 10.7 Å². The van der Waals surface area contributed by atoms with Gasteiger partial charge >= 0.3 is 0 Å². The Bertz CT molecular complexity index is 514. The fourth-order valence-electron chi connectivity index (χ4n) is 1.42. The molecule has 0 fully saturated rings. The lowest BCUT2D eigenvalue weighted by Gasteiger charge is -2.03. The average Bonchev–Trinajstić information content (AvgIpc) is 2.15. The van der Waals surface area contributed by atoms with Crippen LogP contribution in [0.1, 0.15) is 5.69 Å². The molecule has 0 spiro atoms. The third kappa shape index (κ3) is 1.09. The number of benzene rings is 1. The van der Waals surface area contributed by atoms with Gasteiger partial charge in [-0.3, -0.25) is 4.79 Å². The summed E-state index contributed by atoms with van der Waals surface area (Å²) in [6.07, 6.45) is 0. The molecule has 3 nitrogen and oxygen atoms in total. The Morgan fingerprint density at radius 2 is 1.85 bits per heavy atom. The van der Waals surface area contributed by atoms with Crippen LogP contribution < -0.4 is 11.3 Å². The Labute approximate surface area is 75.2 Å². The van der Waals surface area contributed by atoms with Gasteiger partial charge in [0.15, 0.2) is 0 Å². The van der Waals surface area contributed by atoms with Crippen molar-refractivity contribution in [1.29, 1.82) is 0 Å². The number of fused-ring (bicyclic) bond motifs is 1. The van der Waals surface area contributed by atoms with E-state index in [2.05, 4.69) is 4.98 Å². The molecule has 0 atom stereocenters. The van der Waals surface area contributed by atoms with Crippen LogP contribution in [-0.4, -0.2) is 4.98 Å². The maximum Gasteiger partial charge on any atom is 0.256 e. The van der Waals surface area contributed by atoms with E-state index in [1.807, 2.05) is 18.2 Å². The number of aromatic amines is 1. The SMILES string of the molecule is Cc1[nH]c(=O)c2ccccc2c1N. The lowest BCUT2D eigenvalue weighted by Crippen LogP contribution is -2.10. The van der Waals surface area contributed by atoms with E-state index < -0.39 is 0 Å². The first-order chi connectivity index (χ1) is 6.20. The minimum Gasteiger partial charge on any atom is -0.397 e. The Balaban J connectivity index is 3.06. The van der Waals surface area contributed by atoms with Crippen molar-refractivity contribution in [2.75, 3.05) is 5.73 Å². The molecular weight excluding hydrogens is 164 g/mol. The normalized spacial score (nSPS) is 10.5.